The number of aryl methyl sites for hydroxylation is 1. The Bertz CT molecular complexity index is 664. The van der Waals surface area contributed by atoms with Crippen LogP contribution in [0.15, 0.2) is 30.9 Å². The summed E-state index contributed by atoms with van der Waals surface area (Å²) in [5.41, 5.74) is 7.87. The molecule has 2 rings (SSSR count). The van der Waals surface area contributed by atoms with Gasteiger partial charge in [0.25, 0.3) is 5.91 Å². The number of anilines is 1. The number of ether oxygens (including phenoxy) is 1. The number of thiophene rings is 1. The summed E-state index contributed by atoms with van der Waals surface area (Å²) in [6, 6.07) is 6.05. The minimum absolute atomic E-state index is 0.0664. The Labute approximate surface area is 128 Å². The summed E-state index contributed by atoms with van der Waals surface area (Å²) in [5, 5.41) is 0.952. The highest BCUT2D eigenvalue weighted by Gasteiger charge is 2.21. The fraction of sp³-hybridized carbons (Fsp3) is 0.312. The highest BCUT2D eigenvalue weighted by molar-refractivity contribution is 7.21. The van der Waals surface area contributed by atoms with Gasteiger partial charge in [-0.2, -0.15) is 0 Å². The van der Waals surface area contributed by atoms with E-state index in [2.05, 4.69) is 6.58 Å². The molecule has 2 N–H and O–H groups in total. The Kier molecular flexibility index (Phi) is 4.98. The van der Waals surface area contributed by atoms with Gasteiger partial charge in [0.1, 0.15) is 4.88 Å². The molecule has 0 atom stereocenters. The molecule has 21 heavy (non-hydrogen) atoms. The number of fused-ring (bicyclic) bond motifs is 1. The van der Waals surface area contributed by atoms with Crippen molar-refractivity contribution in [2.24, 2.45) is 0 Å². The van der Waals surface area contributed by atoms with Crippen molar-refractivity contribution in [3.05, 3.63) is 41.3 Å². The van der Waals surface area contributed by atoms with Gasteiger partial charge in [-0.25, -0.2) is 0 Å². The number of nitrogen functional groups attached to an aromatic ring is 1. The molecule has 112 valence electrons. The van der Waals surface area contributed by atoms with Crippen molar-refractivity contribution in [3.63, 3.8) is 0 Å². The second kappa shape index (κ2) is 6.74. The van der Waals surface area contributed by atoms with E-state index in [1.807, 2.05) is 25.1 Å². The van der Waals surface area contributed by atoms with Crippen LogP contribution in [-0.4, -0.2) is 37.6 Å². The van der Waals surface area contributed by atoms with Gasteiger partial charge < -0.3 is 15.4 Å². The van der Waals surface area contributed by atoms with Crippen LogP contribution < -0.4 is 5.73 Å². The summed E-state index contributed by atoms with van der Waals surface area (Å²) in [7, 11) is 1.62. The van der Waals surface area contributed by atoms with Crippen molar-refractivity contribution in [1.29, 1.82) is 0 Å². The van der Waals surface area contributed by atoms with Gasteiger partial charge in [-0.05, 0) is 19.1 Å². The molecule has 2 aromatic rings. The number of amides is 1. The molecule has 0 unspecified atom stereocenters. The second-order valence-corrected chi connectivity index (χ2v) is 5.93. The van der Waals surface area contributed by atoms with Gasteiger partial charge >= 0.3 is 0 Å². The van der Waals surface area contributed by atoms with Crippen molar-refractivity contribution < 1.29 is 9.53 Å². The van der Waals surface area contributed by atoms with Gasteiger partial charge in [-0.1, -0.05) is 17.7 Å². The number of benzene rings is 1. The highest BCUT2D eigenvalue weighted by Crippen LogP contribution is 2.34. The van der Waals surface area contributed by atoms with E-state index in [9.17, 15) is 4.79 Å². The first-order valence-corrected chi connectivity index (χ1v) is 7.58. The molecule has 0 saturated heterocycles. The minimum atomic E-state index is -0.0664. The predicted molar refractivity (Wildman–Crippen MR) is 89.0 cm³/mol. The van der Waals surface area contributed by atoms with Crippen molar-refractivity contribution in [3.8, 4) is 0 Å². The molecule has 4 nitrogen and oxygen atoms in total. The van der Waals surface area contributed by atoms with Crippen LogP contribution in [0.4, 0.5) is 5.69 Å². The molecule has 0 fully saturated rings. The Morgan fingerprint density at radius 3 is 2.95 bits per heavy atom. The summed E-state index contributed by atoms with van der Waals surface area (Å²) < 4.78 is 6.09. The average molecular weight is 304 g/mol. The van der Waals surface area contributed by atoms with Gasteiger partial charge in [-0.3, -0.25) is 4.79 Å². The van der Waals surface area contributed by atoms with E-state index in [1.54, 1.807) is 18.1 Å². The van der Waals surface area contributed by atoms with Gasteiger partial charge in [0.2, 0.25) is 0 Å². The second-order valence-electron chi connectivity index (χ2n) is 4.88. The Morgan fingerprint density at radius 1 is 1.52 bits per heavy atom. The van der Waals surface area contributed by atoms with Gasteiger partial charge in [0.15, 0.2) is 0 Å². The zero-order valence-electron chi connectivity index (χ0n) is 12.4. The zero-order chi connectivity index (χ0) is 15.4. The SMILES string of the molecule is C=CCN(CCOC)C(=O)c1sc2ccc(C)cc2c1N. The van der Waals surface area contributed by atoms with Crippen LogP contribution in [-0.2, 0) is 4.74 Å². The lowest BCUT2D eigenvalue weighted by Gasteiger charge is -2.20. The lowest BCUT2D eigenvalue weighted by atomic mass is 10.1. The van der Waals surface area contributed by atoms with Crippen molar-refractivity contribution in [2.45, 2.75) is 6.92 Å². The smallest absolute Gasteiger partial charge is 0.266 e. The molecule has 5 heteroatoms. The van der Waals surface area contributed by atoms with E-state index in [0.29, 0.717) is 30.3 Å². The lowest BCUT2D eigenvalue weighted by molar-refractivity contribution is 0.0724. The topological polar surface area (TPSA) is 55.6 Å². The number of nitrogens with two attached hydrogens (primary N) is 1. The molecule has 1 heterocycles. The number of carbonyl (C=O) groups excluding carboxylic acids is 1. The molecule has 0 aliphatic heterocycles. The summed E-state index contributed by atoms with van der Waals surface area (Å²) in [4.78, 5) is 15.0. The van der Waals surface area contributed by atoms with E-state index < -0.39 is 0 Å². The molecular weight excluding hydrogens is 284 g/mol. The Morgan fingerprint density at radius 2 is 2.29 bits per heavy atom. The number of methoxy groups -OCH3 is 1. The molecule has 1 amide bonds. The summed E-state index contributed by atoms with van der Waals surface area (Å²) in [6.07, 6.45) is 1.71. The molecule has 1 aromatic carbocycles. The largest absolute Gasteiger partial charge is 0.397 e. The Balaban J connectivity index is 2.36. The molecule has 1 aromatic heterocycles. The predicted octanol–water partition coefficient (Wildman–Crippen LogP) is 3.07. The summed E-state index contributed by atoms with van der Waals surface area (Å²) in [5.74, 6) is -0.0664. The van der Waals surface area contributed by atoms with Crippen LogP contribution in [0.25, 0.3) is 10.1 Å². The maximum atomic E-state index is 12.7. The van der Waals surface area contributed by atoms with Gasteiger partial charge in [-0.15, -0.1) is 17.9 Å². The fourth-order valence-electron chi connectivity index (χ4n) is 2.17. The van der Waals surface area contributed by atoms with E-state index in [0.717, 1.165) is 15.6 Å². The first-order valence-electron chi connectivity index (χ1n) is 6.76. The normalized spacial score (nSPS) is 10.8. The number of hydrogen-bond donors (Lipinski definition) is 1. The van der Waals surface area contributed by atoms with Crippen molar-refractivity contribution in [1.82, 2.24) is 4.90 Å². The maximum absolute atomic E-state index is 12.7. The van der Waals surface area contributed by atoms with Gasteiger partial charge in [0, 0.05) is 30.3 Å². The molecule has 0 spiro atoms. The summed E-state index contributed by atoms with van der Waals surface area (Å²) in [6.45, 7) is 7.21. The molecule has 0 aliphatic carbocycles. The van der Waals surface area contributed by atoms with E-state index in [1.165, 1.54) is 11.3 Å². The minimum Gasteiger partial charge on any atom is -0.397 e. The van der Waals surface area contributed by atoms with Crippen LogP contribution in [0.5, 0.6) is 0 Å². The molecule has 0 bridgehead atoms. The Hall–Kier alpha value is -1.85. The third-order valence-corrected chi connectivity index (χ3v) is 4.45. The zero-order valence-corrected chi connectivity index (χ0v) is 13.2. The van der Waals surface area contributed by atoms with E-state index in [4.69, 9.17) is 10.5 Å². The highest BCUT2D eigenvalue weighted by atomic mass is 32.1. The standard InChI is InChI=1S/C16H20N2O2S/c1-4-7-18(8-9-20-3)16(19)15-14(17)12-10-11(2)5-6-13(12)21-15/h4-6,10H,1,7-9,17H2,2-3H3. The van der Waals surface area contributed by atoms with Crippen LogP contribution in [0, 0.1) is 6.92 Å². The third kappa shape index (κ3) is 3.25. The average Bonchev–Trinajstić information content (AvgIpc) is 2.80. The maximum Gasteiger partial charge on any atom is 0.266 e. The van der Waals surface area contributed by atoms with Gasteiger partial charge in [0.05, 0.1) is 12.3 Å². The van der Waals surface area contributed by atoms with Crippen LogP contribution >= 0.6 is 11.3 Å². The van der Waals surface area contributed by atoms with Crippen LogP contribution in [0.2, 0.25) is 0 Å². The quantitative estimate of drug-likeness (QED) is 0.834. The van der Waals surface area contributed by atoms with Crippen LogP contribution in [0.1, 0.15) is 15.2 Å². The van der Waals surface area contributed by atoms with E-state index >= 15 is 0 Å². The molecule has 0 radical (unpaired) electrons. The summed E-state index contributed by atoms with van der Waals surface area (Å²) >= 11 is 1.44. The number of carbonyl (C=O) groups is 1. The van der Waals surface area contributed by atoms with Crippen LogP contribution in [0.3, 0.4) is 0 Å². The number of nitrogens with zero attached hydrogens (tertiary/aromatic N) is 1. The number of hydrogen-bond acceptors (Lipinski definition) is 4. The monoisotopic (exact) mass is 304 g/mol. The molecule has 0 saturated carbocycles. The first kappa shape index (κ1) is 15.5. The molecular formula is C16H20N2O2S. The van der Waals surface area contributed by atoms with Crippen molar-refractivity contribution >= 4 is 33.0 Å². The fourth-order valence-corrected chi connectivity index (χ4v) is 3.24. The molecule has 0 aliphatic rings. The van der Waals surface area contributed by atoms with Crippen molar-refractivity contribution in [2.75, 3.05) is 32.5 Å². The lowest BCUT2D eigenvalue weighted by Crippen LogP contribution is -2.33. The number of rotatable bonds is 6. The van der Waals surface area contributed by atoms with E-state index in [-0.39, 0.29) is 5.91 Å². The first-order chi connectivity index (χ1) is 10.1. The third-order valence-electron chi connectivity index (χ3n) is 3.28.